The average molecular weight is 1430 g/mol. The zero-order chi connectivity index (χ0) is 73.2. The van der Waals surface area contributed by atoms with Crippen LogP contribution in [-0.4, -0.2) is 29.9 Å². The highest BCUT2D eigenvalue weighted by Gasteiger charge is 2.33. The number of nitrogens with zero attached hydrogens (tertiary/aromatic N) is 8. The third-order valence-corrected chi connectivity index (χ3v) is 23.0. The topological polar surface area (TPSA) is 110 Å². The van der Waals surface area contributed by atoms with Crippen molar-refractivity contribution in [2.24, 2.45) is 0 Å². The first-order chi connectivity index (χ1) is 55.5. The Labute approximate surface area is 640 Å². The minimum Gasteiger partial charge on any atom is -0.452 e. The fraction of sp³-hybridized carbons (Fsp3) is 0. The van der Waals surface area contributed by atoms with E-state index >= 15 is 0 Å². The van der Waals surface area contributed by atoms with E-state index in [0.717, 1.165) is 194 Å². The first kappa shape index (κ1) is 61.8. The third kappa shape index (κ3) is 9.39. The molecule has 24 rings (SSSR count). The van der Waals surface area contributed by atoms with Gasteiger partial charge in [-0.05, 0) is 163 Å². The van der Waals surface area contributed by atoms with Crippen molar-refractivity contribution >= 4 is 143 Å². The summed E-state index contributed by atoms with van der Waals surface area (Å²) in [6.45, 7) is 0. The van der Waals surface area contributed by atoms with Gasteiger partial charge in [-0.2, -0.15) is 0 Å². The highest BCUT2D eigenvalue weighted by molar-refractivity contribution is 6.24. The Morgan fingerprint density at radius 1 is 0.241 bits per heavy atom. The van der Waals surface area contributed by atoms with Gasteiger partial charge in [-0.15, -0.1) is 0 Å². The molecule has 112 heavy (non-hydrogen) atoms. The first-order valence-corrected chi connectivity index (χ1v) is 37.8. The summed E-state index contributed by atoms with van der Waals surface area (Å²) in [5.74, 6) is 1.21. The molecule has 0 radical (unpaired) electrons. The van der Waals surface area contributed by atoms with Gasteiger partial charge in [-0.3, -0.25) is 9.97 Å². The number of rotatable bonds is 9. The average Bonchev–Trinajstić information content (AvgIpc) is 1.11. The van der Waals surface area contributed by atoms with Gasteiger partial charge in [0, 0.05) is 106 Å². The predicted molar refractivity (Wildman–Crippen MR) is 458 cm³/mol. The highest BCUT2D eigenvalue weighted by Crippen LogP contribution is 2.58. The summed E-state index contributed by atoms with van der Waals surface area (Å²) in [6.07, 6.45) is 3.68. The molecule has 2 aliphatic rings. The summed E-state index contributed by atoms with van der Waals surface area (Å²) in [7, 11) is 0. The van der Waals surface area contributed by atoms with Gasteiger partial charge in [0.05, 0.1) is 34.0 Å². The Balaban J connectivity index is 0.652. The molecule has 10 heteroatoms. The number of hydrogen-bond donors (Lipinski definition) is 0. The van der Waals surface area contributed by atoms with E-state index in [2.05, 4.69) is 300 Å². The molecule has 518 valence electrons. The van der Waals surface area contributed by atoms with Crippen molar-refractivity contribution in [1.29, 1.82) is 0 Å². The lowest BCUT2D eigenvalue weighted by Crippen LogP contribution is -2.16. The van der Waals surface area contributed by atoms with E-state index in [1.54, 1.807) is 0 Å². The number of benzene rings is 16. The normalized spacial score (nSPS) is 12.4. The van der Waals surface area contributed by atoms with Gasteiger partial charge >= 0.3 is 0 Å². The van der Waals surface area contributed by atoms with Crippen molar-refractivity contribution < 1.29 is 8.83 Å². The first-order valence-electron chi connectivity index (χ1n) is 37.8. The lowest BCUT2D eigenvalue weighted by atomic mass is 9.83. The van der Waals surface area contributed by atoms with Crippen LogP contribution in [0.5, 0.6) is 0 Å². The van der Waals surface area contributed by atoms with Crippen LogP contribution in [0, 0.1) is 0 Å². The molecular formula is C102H58N8O2. The zero-order valence-electron chi connectivity index (χ0n) is 59.9. The van der Waals surface area contributed by atoms with Crippen molar-refractivity contribution in [3.05, 3.63) is 352 Å². The van der Waals surface area contributed by atoms with E-state index in [1.165, 1.54) is 21.9 Å². The molecule has 0 N–H and O–H groups in total. The van der Waals surface area contributed by atoms with Crippen molar-refractivity contribution in [3.8, 4) is 101 Å². The number of furan rings is 2. The van der Waals surface area contributed by atoms with Crippen LogP contribution in [0.4, 0.5) is 34.1 Å². The van der Waals surface area contributed by atoms with E-state index in [0.29, 0.717) is 28.5 Å². The largest absolute Gasteiger partial charge is 0.452 e. The van der Waals surface area contributed by atoms with Crippen LogP contribution in [0.2, 0.25) is 0 Å². The second kappa shape index (κ2) is 24.1. The van der Waals surface area contributed by atoms with Crippen LogP contribution >= 0.6 is 0 Å². The number of hydrogen-bond acceptors (Lipinski definition) is 10. The van der Waals surface area contributed by atoms with Crippen molar-refractivity contribution in [1.82, 2.24) is 29.9 Å². The van der Waals surface area contributed by atoms with Gasteiger partial charge in [0.2, 0.25) is 0 Å². The van der Waals surface area contributed by atoms with E-state index in [4.69, 9.17) is 33.8 Å². The van der Waals surface area contributed by atoms with Gasteiger partial charge in [0.25, 0.3) is 0 Å². The molecule has 0 unspecified atom stereocenters. The van der Waals surface area contributed by atoms with Crippen LogP contribution in [0.1, 0.15) is 0 Å². The lowest BCUT2D eigenvalue weighted by Gasteiger charge is -2.36. The van der Waals surface area contributed by atoms with Gasteiger partial charge in [0.1, 0.15) is 33.6 Å². The van der Waals surface area contributed by atoms with E-state index in [1.807, 2.05) is 67.0 Å². The van der Waals surface area contributed by atoms with Gasteiger partial charge < -0.3 is 18.6 Å². The fourth-order valence-corrected chi connectivity index (χ4v) is 17.9. The van der Waals surface area contributed by atoms with Crippen molar-refractivity contribution in [3.63, 3.8) is 0 Å². The minimum absolute atomic E-state index is 0.600. The molecule has 0 amide bonds. The summed E-state index contributed by atoms with van der Waals surface area (Å²) in [5, 5.41) is 14.3. The fourth-order valence-electron chi connectivity index (χ4n) is 17.9. The van der Waals surface area contributed by atoms with Crippen molar-refractivity contribution in [2.45, 2.75) is 0 Å². The number of para-hydroxylation sites is 3. The molecule has 10 nitrogen and oxygen atoms in total. The smallest absolute Gasteiger partial charge is 0.180 e. The minimum atomic E-state index is 0.600. The maximum absolute atomic E-state index is 6.79. The molecule has 16 aromatic carbocycles. The summed E-state index contributed by atoms with van der Waals surface area (Å²) in [5.41, 5.74) is 27.8. The highest BCUT2D eigenvalue weighted by atomic mass is 16.3. The molecule has 0 saturated carbocycles. The maximum atomic E-state index is 6.79. The van der Waals surface area contributed by atoms with Gasteiger partial charge in [0.15, 0.2) is 22.8 Å². The Morgan fingerprint density at radius 2 is 0.759 bits per heavy atom. The standard InChI is InChI=1S/C102H58N8O2/c1-5-24-75-59(17-1)45-49-79-78-52-51-73(77-29-15-32-87(91(77)78)110(97(75)79)71-56-67-19-3-4-23-72(67)84(58-71)102-106-94(100-96(108-102)82-27-8-10-34-89(82)112-100)64-39-35-61(36-40-64)74-28-13-20-63-22-16-54-104-92(63)74)69-55-68-21-14-31-86-90(68)83(57-69)80-50-46-60-18-2-6-25-76(60)98(80)109(86)70-47-43-66(44-48-70)101-105-93(99-95(107-101)81-26-7-9-33-88(81)111-99)65-41-37-62(38-42-65)85-30-11-12-53-103-85/h1-58H. The Bertz CT molecular complexity index is 7760. The molecule has 8 heterocycles. The van der Waals surface area contributed by atoms with E-state index in [9.17, 15) is 0 Å². The summed E-state index contributed by atoms with van der Waals surface area (Å²) in [4.78, 5) is 36.2. The molecule has 0 saturated heterocycles. The lowest BCUT2D eigenvalue weighted by molar-refractivity contribution is 0.667. The predicted octanol–water partition coefficient (Wildman–Crippen LogP) is 27.3. The Kier molecular flexibility index (Phi) is 13.3. The molecule has 22 aromatic rings. The number of aromatic nitrogens is 6. The second-order valence-electron chi connectivity index (χ2n) is 29.2. The maximum Gasteiger partial charge on any atom is 0.180 e. The Hall–Kier alpha value is -15.3. The molecule has 0 aliphatic carbocycles. The van der Waals surface area contributed by atoms with Gasteiger partial charge in [-0.25, -0.2) is 19.9 Å². The van der Waals surface area contributed by atoms with Crippen molar-refractivity contribution in [2.75, 3.05) is 9.80 Å². The molecular weight excluding hydrogens is 1370 g/mol. The molecule has 6 aromatic heterocycles. The Morgan fingerprint density at radius 3 is 1.46 bits per heavy atom. The molecule has 2 aliphatic heterocycles. The molecule has 0 spiro atoms. The monoisotopic (exact) mass is 1430 g/mol. The molecule has 0 bridgehead atoms. The number of fused-ring (bicyclic) bond motifs is 16. The molecule has 0 atom stereocenters. The van der Waals surface area contributed by atoms with Crippen LogP contribution < -0.4 is 9.80 Å². The van der Waals surface area contributed by atoms with Gasteiger partial charge in [-0.1, -0.05) is 237 Å². The van der Waals surface area contributed by atoms with Crippen LogP contribution in [-0.2, 0) is 0 Å². The number of anilines is 6. The van der Waals surface area contributed by atoms with Crippen LogP contribution in [0.15, 0.2) is 361 Å². The van der Waals surface area contributed by atoms with Crippen LogP contribution in [0.3, 0.4) is 0 Å². The van der Waals surface area contributed by atoms with E-state index < -0.39 is 0 Å². The summed E-state index contributed by atoms with van der Waals surface area (Å²) < 4.78 is 13.4. The number of pyridine rings is 2. The summed E-state index contributed by atoms with van der Waals surface area (Å²) in [6, 6.07) is 122. The van der Waals surface area contributed by atoms with E-state index in [-0.39, 0.29) is 0 Å². The quantitative estimate of drug-likeness (QED) is 0.139. The van der Waals surface area contributed by atoms with Crippen LogP contribution in [0.25, 0.3) is 210 Å². The zero-order valence-corrected chi connectivity index (χ0v) is 59.9. The third-order valence-electron chi connectivity index (χ3n) is 23.0. The summed E-state index contributed by atoms with van der Waals surface area (Å²) >= 11 is 0. The molecule has 0 fully saturated rings. The second-order valence-corrected chi connectivity index (χ2v) is 29.2. The SMILES string of the molecule is c1ccc(-c2ccc(-c3nc(-c4ccc(N5c6c(ccc7ccccc67)-c6cc(-c7ccc8c9c(cccc79)N(c7cc(-c9nc(-c%10ccc(-c%11cccc%12cccnc%11%12)cc%10)c%10oc%11ccccc%11c%10n9)c9ccccc9c7)c7c-8ccc8ccccc78)cc7cccc5c67)cc4)nc4c3oc3ccccc34)cc2)nc1.